The van der Waals surface area contributed by atoms with Gasteiger partial charge >= 0.3 is 7.62 Å². The molecule has 0 saturated heterocycles. The minimum Gasteiger partial charge on any atom is -0.435 e. The van der Waals surface area contributed by atoms with E-state index in [2.05, 4.69) is 13.2 Å². The molecule has 0 fully saturated rings. The van der Waals surface area contributed by atoms with Crippen molar-refractivity contribution in [2.24, 2.45) is 0 Å². The Kier molecular flexibility index (Phi) is 2.48. The van der Waals surface area contributed by atoms with Crippen LogP contribution in [0.15, 0.2) is 37.4 Å². The van der Waals surface area contributed by atoms with E-state index in [0.717, 1.165) is 29.8 Å². The van der Waals surface area contributed by atoms with Gasteiger partial charge in [0.15, 0.2) is 0 Å². The molecule has 73 valence electrons. The van der Waals surface area contributed by atoms with Crippen LogP contribution in [0, 0.1) is 0 Å². The lowest BCUT2D eigenvalue weighted by Gasteiger charge is -2.01. The molecule has 0 aliphatic heterocycles. The van der Waals surface area contributed by atoms with Crippen LogP contribution in [0.3, 0.4) is 0 Å². The fraction of sp³-hybridized carbons (Fsp3) is 0. The van der Waals surface area contributed by atoms with Crippen LogP contribution < -0.4 is 0 Å². The smallest absolute Gasteiger partial charge is 0.435 e. The van der Waals surface area contributed by atoms with E-state index in [1.165, 1.54) is 0 Å². The third-order valence-corrected chi connectivity index (χ3v) is 2.50. The SMILES string of the molecule is C=Cc1c(C=C)n([B]O)c2ccccc12. The molecule has 1 aromatic carbocycles. The molecule has 2 rings (SSSR count). The largest absolute Gasteiger partial charge is 0.441 e. The Morgan fingerprint density at radius 3 is 2.53 bits per heavy atom. The Morgan fingerprint density at radius 2 is 1.93 bits per heavy atom. The minimum absolute atomic E-state index is 0.855. The molecule has 2 nitrogen and oxygen atoms in total. The van der Waals surface area contributed by atoms with Gasteiger partial charge in [0, 0.05) is 22.2 Å². The number of fused-ring (bicyclic) bond motifs is 1. The standard InChI is InChI=1S/C12H11BNO/c1-3-9-10-7-5-6-8-12(10)14(13-15)11(9)4-2/h3-8,15H,1-2H2. The van der Waals surface area contributed by atoms with Crippen molar-refractivity contribution in [3.8, 4) is 0 Å². The van der Waals surface area contributed by atoms with Crippen molar-refractivity contribution in [3.63, 3.8) is 0 Å². The molecule has 0 saturated carbocycles. The number of hydrogen-bond donors (Lipinski definition) is 1. The maximum Gasteiger partial charge on any atom is 0.441 e. The zero-order chi connectivity index (χ0) is 10.8. The van der Waals surface area contributed by atoms with Crippen LogP contribution in [0.25, 0.3) is 23.1 Å². The molecule has 1 N–H and O–H groups in total. The van der Waals surface area contributed by atoms with Gasteiger partial charge in [-0.1, -0.05) is 37.4 Å². The van der Waals surface area contributed by atoms with Crippen LogP contribution >= 0.6 is 0 Å². The summed E-state index contributed by atoms with van der Waals surface area (Å²) < 4.78 is 1.69. The van der Waals surface area contributed by atoms with Gasteiger partial charge in [0.05, 0.1) is 0 Å². The molecule has 0 amide bonds. The first-order valence-electron chi connectivity index (χ1n) is 4.68. The van der Waals surface area contributed by atoms with Crippen LogP contribution in [-0.4, -0.2) is 17.1 Å². The summed E-state index contributed by atoms with van der Waals surface area (Å²) in [5.41, 5.74) is 2.80. The number of rotatable bonds is 3. The highest BCUT2D eigenvalue weighted by Crippen LogP contribution is 2.26. The first-order chi connectivity index (χ1) is 7.33. The first-order valence-corrected chi connectivity index (χ1v) is 4.68. The maximum atomic E-state index is 9.21. The summed E-state index contributed by atoms with van der Waals surface area (Å²) in [7, 11) is 1.05. The summed E-state index contributed by atoms with van der Waals surface area (Å²) in [6.45, 7) is 7.52. The Bertz CT molecular complexity index is 528. The first kappa shape index (κ1) is 9.81. The van der Waals surface area contributed by atoms with E-state index >= 15 is 0 Å². The lowest BCUT2D eigenvalue weighted by Crippen LogP contribution is -2.06. The second kappa shape index (κ2) is 3.79. The maximum absolute atomic E-state index is 9.21. The molecule has 0 atom stereocenters. The molecular formula is C12H11BNO. The van der Waals surface area contributed by atoms with Crippen molar-refractivity contribution in [3.05, 3.63) is 48.7 Å². The van der Waals surface area contributed by atoms with Crippen molar-refractivity contribution < 1.29 is 5.02 Å². The molecule has 15 heavy (non-hydrogen) atoms. The predicted octanol–water partition coefficient (Wildman–Crippen LogP) is 2.30. The van der Waals surface area contributed by atoms with E-state index in [9.17, 15) is 5.02 Å². The van der Waals surface area contributed by atoms with Gasteiger partial charge in [0.1, 0.15) is 0 Å². The quantitative estimate of drug-likeness (QED) is 0.748. The highest BCUT2D eigenvalue weighted by Gasteiger charge is 2.11. The average Bonchev–Trinajstić information content (AvgIpc) is 2.61. The minimum atomic E-state index is 0.855. The molecule has 3 heteroatoms. The summed E-state index contributed by atoms with van der Waals surface area (Å²) in [6, 6.07) is 7.84. The second-order valence-electron chi connectivity index (χ2n) is 3.21. The molecule has 0 unspecified atom stereocenters. The summed E-state index contributed by atoms with van der Waals surface area (Å²) in [4.78, 5) is 0. The number of para-hydroxylation sites is 1. The van der Waals surface area contributed by atoms with E-state index in [1.54, 1.807) is 16.6 Å². The summed E-state index contributed by atoms with van der Waals surface area (Å²) >= 11 is 0. The van der Waals surface area contributed by atoms with E-state index in [0.29, 0.717) is 0 Å². The Hall–Kier alpha value is -1.74. The topological polar surface area (TPSA) is 25.2 Å². The van der Waals surface area contributed by atoms with Gasteiger partial charge in [-0.05, 0) is 12.1 Å². The van der Waals surface area contributed by atoms with E-state index < -0.39 is 0 Å². The fourth-order valence-corrected chi connectivity index (χ4v) is 1.86. The van der Waals surface area contributed by atoms with Crippen LogP contribution in [0.4, 0.5) is 0 Å². The van der Waals surface area contributed by atoms with Crippen molar-refractivity contribution >= 4 is 30.7 Å². The Balaban J connectivity index is 2.94. The molecule has 1 heterocycles. The van der Waals surface area contributed by atoms with Gasteiger partial charge in [0.25, 0.3) is 0 Å². The van der Waals surface area contributed by atoms with Crippen LogP contribution in [0.2, 0.25) is 0 Å². The number of hydrogen-bond acceptors (Lipinski definition) is 1. The van der Waals surface area contributed by atoms with Crippen LogP contribution in [0.1, 0.15) is 11.3 Å². The molecule has 1 radical (unpaired) electrons. The monoisotopic (exact) mass is 196 g/mol. The molecular weight excluding hydrogens is 185 g/mol. The Labute approximate surface area is 89.5 Å². The molecule has 0 aliphatic carbocycles. The molecule has 0 bridgehead atoms. The van der Waals surface area contributed by atoms with Gasteiger partial charge in [-0.2, -0.15) is 0 Å². The molecule has 2 aromatic rings. The number of aromatic nitrogens is 1. The van der Waals surface area contributed by atoms with Gasteiger partial charge in [-0.25, -0.2) is 0 Å². The normalized spacial score (nSPS) is 10.2. The van der Waals surface area contributed by atoms with Crippen molar-refractivity contribution in [2.75, 3.05) is 0 Å². The highest BCUT2D eigenvalue weighted by atomic mass is 16.2. The highest BCUT2D eigenvalue weighted by molar-refractivity contribution is 6.27. The molecule has 1 aromatic heterocycles. The van der Waals surface area contributed by atoms with Gasteiger partial charge in [-0.3, -0.25) is 0 Å². The second-order valence-corrected chi connectivity index (χ2v) is 3.21. The van der Waals surface area contributed by atoms with E-state index in [1.807, 2.05) is 24.3 Å². The third kappa shape index (κ3) is 1.32. The third-order valence-electron chi connectivity index (χ3n) is 2.50. The van der Waals surface area contributed by atoms with Crippen LogP contribution in [0.5, 0.6) is 0 Å². The van der Waals surface area contributed by atoms with E-state index in [4.69, 9.17) is 0 Å². The summed E-state index contributed by atoms with van der Waals surface area (Å²) in [5, 5.41) is 10.3. The zero-order valence-electron chi connectivity index (χ0n) is 8.35. The molecule has 0 aliphatic rings. The number of benzene rings is 1. The van der Waals surface area contributed by atoms with Gasteiger partial charge in [0.2, 0.25) is 0 Å². The lowest BCUT2D eigenvalue weighted by molar-refractivity contribution is 0.591. The van der Waals surface area contributed by atoms with Gasteiger partial charge in [-0.15, -0.1) is 0 Å². The summed E-state index contributed by atoms with van der Waals surface area (Å²) in [5.74, 6) is 0. The Morgan fingerprint density at radius 1 is 1.20 bits per heavy atom. The number of nitrogens with zero attached hydrogens (tertiary/aromatic N) is 1. The van der Waals surface area contributed by atoms with Crippen molar-refractivity contribution in [1.82, 2.24) is 4.48 Å². The fourth-order valence-electron chi connectivity index (χ4n) is 1.86. The average molecular weight is 196 g/mol. The van der Waals surface area contributed by atoms with Gasteiger partial charge < -0.3 is 9.50 Å². The summed E-state index contributed by atoms with van der Waals surface area (Å²) in [6.07, 6.45) is 3.49. The van der Waals surface area contributed by atoms with Crippen molar-refractivity contribution in [2.45, 2.75) is 0 Å². The van der Waals surface area contributed by atoms with Crippen molar-refractivity contribution in [1.29, 1.82) is 0 Å². The predicted molar refractivity (Wildman–Crippen MR) is 65.5 cm³/mol. The zero-order valence-corrected chi connectivity index (χ0v) is 8.35. The lowest BCUT2D eigenvalue weighted by atomic mass is 10.1. The molecule has 0 spiro atoms. The van der Waals surface area contributed by atoms with E-state index in [-0.39, 0.29) is 0 Å². The van der Waals surface area contributed by atoms with Crippen LogP contribution in [-0.2, 0) is 0 Å².